The van der Waals surface area contributed by atoms with Gasteiger partial charge in [0.05, 0.1) is 18.7 Å². The summed E-state index contributed by atoms with van der Waals surface area (Å²) >= 11 is 1.56. The fourth-order valence-electron chi connectivity index (χ4n) is 2.00. The first-order chi connectivity index (χ1) is 9.69. The normalized spacial score (nSPS) is 12.2. The molecule has 0 fully saturated rings. The van der Waals surface area contributed by atoms with Gasteiger partial charge in [0.1, 0.15) is 0 Å². The minimum Gasteiger partial charge on any atom is -0.466 e. The Kier molecular flexibility index (Phi) is 8.26. The van der Waals surface area contributed by atoms with Gasteiger partial charge in [-0.1, -0.05) is 33.1 Å². The molecule has 0 aliphatic heterocycles. The van der Waals surface area contributed by atoms with Crippen LogP contribution in [0, 0.1) is 5.92 Å². The number of anilines is 1. The minimum atomic E-state index is -0.210. The summed E-state index contributed by atoms with van der Waals surface area (Å²) < 4.78 is 4.92. The number of esters is 1. The quantitative estimate of drug-likeness (QED) is 0.666. The lowest BCUT2D eigenvalue weighted by Crippen LogP contribution is -2.13. The van der Waals surface area contributed by atoms with E-state index in [1.165, 1.54) is 25.7 Å². The molecule has 0 saturated heterocycles. The number of carbonyl (C=O) groups is 1. The predicted molar refractivity (Wildman–Crippen MR) is 84.2 cm³/mol. The van der Waals surface area contributed by atoms with Crippen molar-refractivity contribution in [2.24, 2.45) is 5.92 Å². The largest absolute Gasteiger partial charge is 0.466 e. The number of hydrogen-bond donors (Lipinski definition) is 1. The fraction of sp³-hybridized carbons (Fsp3) is 0.733. The molecule has 0 amide bonds. The Hall–Kier alpha value is -1.10. The summed E-state index contributed by atoms with van der Waals surface area (Å²) in [5.41, 5.74) is 0.789. The summed E-state index contributed by atoms with van der Waals surface area (Å²) in [5, 5.41) is 6.21. The average molecular weight is 298 g/mol. The van der Waals surface area contributed by atoms with E-state index < -0.39 is 0 Å². The van der Waals surface area contributed by atoms with Crippen LogP contribution in [0.1, 0.15) is 52.1 Å². The van der Waals surface area contributed by atoms with Crippen LogP contribution in [0.15, 0.2) is 5.38 Å². The van der Waals surface area contributed by atoms with Crippen molar-refractivity contribution in [3.63, 3.8) is 0 Å². The van der Waals surface area contributed by atoms with E-state index in [0.717, 1.165) is 17.4 Å². The summed E-state index contributed by atoms with van der Waals surface area (Å²) in [4.78, 5) is 15.8. The summed E-state index contributed by atoms with van der Waals surface area (Å²) in [6.07, 6.45) is 5.25. The maximum atomic E-state index is 11.4. The number of rotatable bonds is 10. The van der Waals surface area contributed by atoms with Crippen LogP contribution in [0.2, 0.25) is 0 Å². The molecule has 1 heterocycles. The molecule has 0 spiro atoms. The molecule has 0 aromatic carbocycles. The molecule has 20 heavy (non-hydrogen) atoms. The van der Waals surface area contributed by atoms with Crippen molar-refractivity contribution >= 4 is 22.4 Å². The zero-order chi connectivity index (χ0) is 14.8. The third-order valence-electron chi connectivity index (χ3n) is 3.27. The second-order valence-corrected chi connectivity index (χ2v) is 5.78. The smallest absolute Gasteiger partial charge is 0.311 e. The molecule has 4 nitrogen and oxygen atoms in total. The molecule has 0 bridgehead atoms. The summed E-state index contributed by atoms with van der Waals surface area (Å²) in [6, 6.07) is 0. The maximum absolute atomic E-state index is 11.4. The molecule has 1 atom stereocenters. The summed E-state index contributed by atoms with van der Waals surface area (Å²) in [5.74, 6) is 0.492. The molecule has 0 aliphatic rings. The van der Waals surface area contributed by atoms with Crippen molar-refractivity contribution in [1.29, 1.82) is 0 Å². The molecule has 0 saturated carbocycles. The van der Waals surface area contributed by atoms with Crippen LogP contribution >= 0.6 is 11.3 Å². The zero-order valence-corrected chi connectivity index (χ0v) is 13.6. The van der Waals surface area contributed by atoms with Gasteiger partial charge in [0.2, 0.25) is 0 Å². The van der Waals surface area contributed by atoms with Crippen molar-refractivity contribution < 1.29 is 9.53 Å². The number of nitrogens with one attached hydrogen (secondary N) is 1. The Morgan fingerprint density at radius 2 is 2.25 bits per heavy atom. The second-order valence-electron chi connectivity index (χ2n) is 4.92. The van der Waals surface area contributed by atoms with Gasteiger partial charge in [-0.25, -0.2) is 4.98 Å². The van der Waals surface area contributed by atoms with Crippen LogP contribution in [-0.4, -0.2) is 24.1 Å². The molecule has 1 aromatic heterocycles. The van der Waals surface area contributed by atoms with Crippen LogP contribution in [0.5, 0.6) is 0 Å². The third-order valence-corrected chi connectivity index (χ3v) is 4.12. The number of ether oxygens (including phenoxy) is 1. The number of thiazole rings is 1. The van der Waals surface area contributed by atoms with E-state index in [4.69, 9.17) is 4.74 Å². The summed E-state index contributed by atoms with van der Waals surface area (Å²) in [7, 11) is 0. The van der Waals surface area contributed by atoms with Gasteiger partial charge >= 0.3 is 5.97 Å². The number of unbranched alkanes of at least 4 members (excludes halogenated alkanes) is 1. The van der Waals surface area contributed by atoms with E-state index in [0.29, 0.717) is 12.5 Å². The molecular weight excluding hydrogens is 272 g/mol. The standard InChI is InChI=1S/C15H26N2O2S/c1-4-7-8-12(5-2)10-16-15-17-13(11-20-15)9-14(18)19-6-3/h11-12H,4-10H2,1-3H3,(H,16,17). The van der Waals surface area contributed by atoms with Gasteiger partial charge in [-0.15, -0.1) is 11.3 Å². The van der Waals surface area contributed by atoms with Crippen LogP contribution in [0.3, 0.4) is 0 Å². The van der Waals surface area contributed by atoms with Gasteiger partial charge in [0, 0.05) is 11.9 Å². The Morgan fingerprint density at radius 3 is 2.90 bits per heavy atom. The Bertz CT molecular complexity index is 393. The van der Waals surface area contributed by atoms with Crippen molar-refractivity contribution in [3.8, 4) is 0 Å². The van der Waals surface area contributed by atoms with E-state index in [2.05, 4.69) is 24.1 Å². The summed E-state index contributed by atoms with van der Waals surface area (Å²) in [6.45, 7) is 7.65. The molecule has 1 N–H and O–H groups in total. The molecular formula is C15H26N2O2S. The third kappa shape index (κ3) is 6.37. The molecule has 0 aliphatic carbocycles. The zero-order valence-electron chi connectivity index (χ0n) is 12.8. The fourth-order valence-corrected chi connectivity index (χ4v) is 2.72. The molecule has 114 valence electrons. The lowest BCUT2D eigenvalue weighted by Gasteiger charge is -2.14. The van der Waals surface area contributed by atoms with Gasteiger partial charge in [-0.3, -0.25) is 4.79 Å². The van der Waals surface area contributed by atoms with Crippen molar-refractivity contribution in [1.82, 2.24) is 4.98 Å². The average Bonchev–Trinajstić information content (AvgIpc) is 2.87. The van der Waals surface area contributed by atoms with Crippen molar-refractivity contribution in [2.75, 3.05) is 18.5 Å². The second kappa shape index (κ2) is 9.75. The van der Waals surface area contributed by atoms with E-state index in [9.17, 15) is 4.79 Å². The molecule has 1 unspecified atom stereocenters. The Balaban J connectivity index is 2.37. The highest BCUT2D eigenvalue weighted by Crippen LogP contribution is 2.19. The van der Waals surface area contributed by atoms with E-state index in [-0.39, 0.29) is 12.4 Å². The number of hydrogen-bond acceptors (Lipinski definition) is 5. The predicted octanol–water partition coefficient (Wildman–Crippen LogP) is 3.88. The number of nitrogens with zero attached hydrogens (tertiary/aromatic N) is 1. The number of aromatic nitrogens is 1. The monoisotopic (exact) mass is 298 g/mol. The molecule has 1 rings (SSSR count). The maximum Gasteiger partial charge on any atom is 0.311 e. The van der Waals surface area contributed by atoms with Crippen LogP contribution in [-0.2, 0) is 16.0 Å². The molecule has 5 heteroatoms. The Labute approximate surface area is 125 Å². The SMILES string of the molecule is CCCCC(CC)CNc1nc(CC(=O)OCC)cs1. The lowest BCUT2D eigenvalue weighted by molar-refractivity contribution is -0.142. The lowest BCUT2D eigenvalue weighted by atomic mass is 10.00. The van der Waals surface area contributed by atoms with Crippen molar-refractivity contribution in [2.45, 2.75) is 52.9 Å². The van der Waals surface area contributed by atoms with Crippen LogP contribution in [0.25, 0.3) is 0 Å². The Morgan fingerprint density at radius 1 is 1.45 bits per heavy atom. The first kappa shape index (κ1) is 17.0. The van der Waals surface area contributed by atoms with Crippen LogP contribution < -0.4 is 5.32 Å². The minimum absolute atomic E-state index is 0.210. The highest BCUT2D eigenvalue weighted by atomic mass is 32.1. The first-order valence-electron chi connectivity index (χ1n) is 7.53. The molecule has 0 radical (unpaired) electrons. The highest BCUT2D eigenvalue weighted by Gasteiger charge is 2.10. The van der Waals surface area contributed by atoms with Crippen LogP contribution in [0.4, 0.5) is 5.13 Å². The van der Waals surface area contributed by atoms with Gasteiger partial charge in [-0.05, 0) is 19.3 Å². The molecule has 1 aromatic rings. The van der Waals surface area contributed by atoms with Gasteiger partial charge in [0.25, 0.3) is 0 Å². The number of carbonyl (C=O) groups excluding carboxylic acids is 1. The first-order valence-corrected chi connectivity index (χ1v) is 8.41. The van der Waals surface area contributed by atoms with Gasteiger partial charge < -0.3 is 10.1 Å². The topological polar surface area (TPSA) is 51.2 Å². The van der Waals surface area contributed by atoms with Crippen molar-refractivity contribution in [3.05, 3.63) is 11.1 Å². The van der Waals surface area contributed by atoms with Gasteiger partial charge in [0.15, 0.2) is 5.13 Å². The van der Waals surface area contributed by atoms with E-state index in [1.54, 1.807) is 11.3 Å². The van der Waals surface area contributed by atoms with Gasteiger partial charge in [-0.2, -0.15) is 0 Å². The van der Waals surface area contributed by atoms with E-state index in [1.807, 2.05) is 12.3 Å². The van der Waals surface area contributed by atoms with E-state index >= 15 is 0 Å². The highest BCUT2D eigenvalue weighted by molar-refractivity contribution is 7.13.